The summed E-state index contributed by atoms with van der Waals surface area (Å²) in [6.45, 7) is 0. The van der Waals surface area contributed by atoms with Crippen molar-refractivity contribution in [3.05, 3.63) is 55.6 Å². The highest BCUT2D eigenvalue weighted by Gasteiger charge is 2.32. The molecule has 0 spiro atoms. The van der Waals surface area contributed by atoms with Crippen LogP contribution in [-0.4, -0.2) is 11.8 Å². The molecule has 1 aromatic carbocycles. The SMILES string of the molecule is ClCC(CCl)(Cc1sccc1Br)c1ccc(Cl)cc1. The lowest BCUT2D eigenvalue weighted by Crippen LogP contribution is -2.33. The molecule has 0 N–H and O–H groups in total. The lowest BCUT2D eigenvalue weighted by molar-refractivity contribution is 0.540. The molecule has 1 heterocycles. The van der Waals surface area contributed by atoms with E-state index in [1.807, 2.05) is 24.3 Å². The maximum absolute atomic E-state index is 6.24. The molecule has 0 atom stereocenters. The molecule has 102 valence electrons. The van der Waals surface area contributed by atoms with E-state index in [9.17, 15) is 0 Å². The maximum Gasteiger partial charge on any atom is 0.0406 e. The van der Waals surface area contributed by atoms with Gasteiger partial charge in [0, 0.05) is 31.5 Å². The summed E-state index contributed by atoms with van der Waals surface area (Å²) in [5.41, 5.74) is 0.864. The molecule has 0 radical (unpaired) electrons. The van der Waals surface area contributed by atoms with Crippen LogP contribution in [-0.2, 0) is 11.8 Å². The molecule has 19 heavy (non-hydrogen) atoms. The summed E-state index contributed by atoms with van der Waals surface area (Å²) < 4.78 is 1.12. The molecule has 1 aromatic heterocycles. The van der Waals surface area contributed by atoms with Crippen LogP contribution in [0.25, 0.3) is 0 Å². The molecule has 0 nitrogen and oxygen atoms in total. The molecule has 2 rings (SSSR count). The van der Waals surface area contributed by atoms with Gasteiger partial charge in [0.25, 0.3) is 0 Å². The molecule has 0 aliphatic rings. The standard InChI is InChI=1S/C14H12BrCl3S/c15-12-5-6-19-13(12)7-14(8-16,9-17)10-1-3-11(18)4-2-10/h1-6H,7-9H2. The summed E-state index contributed by atoms with van der Waals surface area (Å²) in [5.74, 6) is 0.949. The van der Waals surface area contributed by atoms with Crippen molar-refractivity contribution < 1.29 is 0 Å². The highest BCUT2D eigenvalue weighted by atomic mass is 79.9. The first-order chi connectivity index (χ1) is 9.11. The van der Waals surface area contributed by atoms with E-state index in [0.29, 0.717) is 11.8 Å². The molecule has 0 aliphatic carbocycles. The van der Waals surface area contributed by atoms with Crippen LogP contribution < -0.4 is 0 Å². The van der Waals surface area contributed by atoms with Crippen molar-refractivity contribution in [2.45, 2.75) is 11.8 Å². The Morgan fingerprint density at radius 2 is 1.68 bits per heavy atom. The molecule has 0 unspecified atom stereocenters. The van der Waals surface area contributed by atoms with Gasteiger partial charge in [-0.2, -0.15) is 0 Å². The Kier molecular flexibility index (Phi) is 5.62. The number of halogens is 4. The predicted molar refractivity (Wildman–Crippen MR) is 90.3 cm³/mol. The van der Waals surface area contributed by atoms with E-state index in [0.717, 1.165) is 21.5 Å². The fourth-order valence-electron chi connectivity index (χ4n) is 1.95. The minimum Gasteiger partial charge on any atom is -0.148 e. The average molecular weight is 399 g/mol. The van der Waals surface area contributed by atoms with Gasteiger partial charge in [-0.3, -0.25) is 0 Å². The summed E-state index contributed by atoms with van der Waals surface area (Å²) in [5, 5.41) is 2.79. The highest BCUT2D eigenvalue weighted by molar-refractivity contribution is 9.10. The van der Waals surface area contributed by atoms with Gasteiger partial charge in [0.15, 0.2) is 0 Å². The van der Waals surface area contributed by atoms with Crippen molar-refractivity contribution in [2.75, 3.05) is 11.8 Å². The topological polar surface area (TPSA) is 0 Å². The monoisotopic (exact) mass is 396 g/mol. The van der Waals surface area contributed by atoms with E-state index in [-0.39, 0.29) is 5.41 Å². The minimum atomic E-state index is -0.263. The Balaban J connectivity index is 2.37. The third kappa shape index (κ3) is 3.48. The second kappa shape index (κ2) is 6.82. The number of rotatable bonds is 5. The molecule has 2 aromatic rings. The Hall–Kier alpha value is 0.270. The third-order valence-electron chi connectivity index (χ3n) is 3.16. The Morgan fingerprint density at radius 3 is 2.16 bits per heavy atom. The third-order valence-corrected chi connectivity index (χ3v) is 6.36. The van der Waals surface area contributed by atoms with Gasteiger partial charge >= 0.3 is 0 Å². The van der Waals surface area contributed by atoms with E-state index < -0.39 is 0 Å². The lowest BCUT2D eigenvalue weighted by atomic mass is 9.80. The molecule has 5 heteroatoms. The highest BCUT2D eigenvalue weighted by Crippen LogP contribution is 2.36. The summed E-state index contributed by atoms with van der Waals surface area (Å²) in [6.07, 6.45) is 0.819. The molecule has 0 saturated carbocycles. The number of hydrogen-bond donors (Lipinski definition) is 0. The van der Waals surface area contributed by atoms with Gasteiger partial charge in [-0.15, -0.1) is 34.5 Å². The van der Waals surface area contributed by atoms with Crippen molar-refractivity contribution in [3.63, 3.8) is 0 Å². The maximum atomic E-state index is 6.24. The van der Waals surface area contributed by atoms with Crippen LogP contribution in [0.15, 0.2) is 40.2 Å². The van der Waals surface area contributed by atoms with Crippen molar-refractivity contribution in [1.82, 2.24) is 0 Å². The lowest BCUT2D eigenvalue weighted by Gasteiger charge is -2.30. The van der Waals surface area contributed by atoms with E-state index in [1.165, 1.54) is 4.88 Å². The van der Waals surface area contributed by atoms with Crippen molar-refractivity contribution in [3.8, 4) is 0 Å². The van der Waals surface area contributed by atoms with Gasteiger partial charge in [-0.05, 0) is 51.5 Å². The van der Waals surface area contributed by atoms with E-state index in [2.05, 4.69) is 27.4 Å². The van der Waals surface area contributed by atoms with Gasteiger partial charge in [0.2, 0.25) is 0 Å². The smallest absolute Gasteiger partial charge is 0.0406 e. The van der Waals surface area contributed by atoms with E-state index in [4.69, 9.17) is 34.8 Å². The molecule has 0 aliphatic heterocycles. The summed E-state index contributed by atoms with van der Waals surface area (Å²) in [7, 11) is 0. The fourth-order valence-corrected chi connectivity index (χ4v) is 4.49. The quantitative estimate of drug-likeness (QED) is 0.532. The summed E-state index contributed by atoms with van der Waals surface area (Å²) in [6, 6.07) is 9.83. The molecular formula is C14H12BrCl3S. The van der Waals surface area contributed by atoms with Crippen molar-refractivity contribution in [1.29, 1.82) is 0 Å². The number of alkyl halides is 2. The van der Waals surface area contributed by atoms with Crippen LogP contribution in [0.1, 0.15) is 10.4 Å². The van der Waals surface area contributed by atoms with Crippen molar-refractivity contribution >= 4 is 62.1 Å². The van der Waals surface area contributed by atoms with Crippen LogP contribution in [0, 0.1) is 0 Å². The zero-order chi connectivity index (χ0) is 13.9. The summed E-state index contributed by atoms with van der Waals surface area (Å²) in [4.78, 5) is 1.26. The minimum absolute atomic E-state index is 0.263. The van der Waals surface area contributed by atoms with Crippen LogP contribution in [0.3, 0.4) is 0 Å². The normalized spacial score (nSPS) is 11.8. The second-order valence-corrected chi connectivity index (χ2v) is 7.25. The van der Waals surface area contributed by atoms with Crippen LogP contribution in [0.2, 0.25) is 5.02 Å². The zero-order valence-electron chi connectivity index (χ0n) is 10.0. The number of hydrogen-bond acceptors (Lipinski definition) is 1. The predicted octanol–water partition coefficient (Wildman–Crippen LogP) is 6.12. The van der Waals surface area contributed by atoms with E-state index >= 15 is 0 Å². The molecule has 0 saturated heterocycles. The second-order valence-electron chi connectivity index (χ2n) is 4.42. The Bertz CT molecular complexity index is 532. The first-order valence-corrected chi connectivity index (χ1v) is 8.83. The average Bonchev–Trinajstić information content (AvgIpc) is 2.82. The van der Waals surface area contributed by atoms with Gasteiger partial charge in [-0.25, -0.2) is 0 Å². The van der Waals surface area contributed by atoms with Crippen molar-refractivity contribution in [2.24, 2.45) is 0 Å². The van der Waals surface area contributed by atoms with Gasteiger partial charge in [-0.1, -0.05) is 23.7 Å². The number of benzene rings is 1. The zero-order valence-corrected chi connectivity index (χ0v) is 14.7. The largest absolute Gasteiger partial charge is 0.148 e. The number of thiophene rings is 1. The van der Waals surface area contributed by atoms with Crippen LogP contribution in [0.5, 0.6) is 0 Å². The summed E-state index contributed by atoms with van der Waals surface area (Å²) >= 11 is 23.7. The fraction of sp³-hybridized carbons (Fsp3) is 0.286. The van der Waals surface area contributed by atoms with Crippen LogP contribution >= 0.6 is 62.1 Å². The molecule has 0 amide bonds. The van der Waals surface area contributed by atoms with Gasteiger partial charge in [0.05, 0.1) is 0 Å². The van der Waals surface area contributed by atoms with Crippen LogP contribution in [0.4, 0.5) is 0 Å². The first kappa shape index (κ1) is 15.7. The van der Waals surface area contributed by atoms with E-state index in [1.54, 1.807) is 11.3 Å². The molecule has 0 bridgehead atoms. The molecular weight excluding hydrogens is 386 g/mol. The molecule has 0 fully saturated rings. The first-order valence-electron chi connectivity index (χ1n) is 5.71. The van der Waals surface area contributed by atoms with Gasteiger partial charge in [0.1, 0.15) is 0 Å². The Morgan fingerprint density at radius 1 is 1.05 bits per heavy atom. The Labute approximate surface area is 140 Å². The van der Waals surface area contributed by atoms with Gasteiger partial charge < -0.3 is 0 Å².